The second-order valence-electron chi connectivity index (χ2n) is 8.94. The monoisotopic (exact) mass is 427 g/mol. The maximum Gasteiger partial charge on any atom is 0.247 e. The first kappa shape index (κ1) is 21.8. The number of likely N-dealkylation sites (N-methyl/N-ethyl adjacent to an activating group) is 1. The number of nitrogens with zero attached hydrogens (tertiary/aromatic N) is 1. The van der Waals surface area contributed by atoms with E-state index in [0.29, 0.717) is 13.0 Å². The van der Waals surface area contributed by atoms with Gasteiger partial charge in [0.1, 0.15) is 12.1 Å². The highest BCUT2D eigenvalue weighted by molar-refractivity contribution is 5.94. The lowest BCUT2D eigenvalue weighted by Gasteiger charge is -2.36. The molecule has 31 heavy (non-hydrogen) atoms. The van der Waals surface area contributed by atoms with E-state index in [1.807, 2.05) is 12.1 Å². The summed E-state index contributed by atoms with van der Waals surface area (Å²) < 4.78 is 0. The van der Waals surface area contributed by atoms with E-state index in [4.69, 9.17) is 0 Å². The normalized spacial score (nSPS) is 27.1. The fourth-order valence-electron chi connectivity index (χ4n) is 5.04. The molecule has 8 heteroatoms. The molecule has 3 aliphatic rings. The summed E-state index contributed by atoms with van der Waals surface area (Å²) >= 11 is 0. The minimum atomic E-state index is -0.671. The Balaban J connectivity index is 1.44. The molecule has 2 saturated heterocycles. The van der Waals surface area contributed by atoms with Crippen LogP contribution in [0.4, 0.5) is 0 Å². The Labute approximate surface area is 183 Å². The van der Waals surface area contributed by atoms with Gasteiger partial charge in [0.25, 0.3) is 0 Å². The molecule has 3 amide bonds. The lowest BCUT2D eigenvalue weighted by molar-refractivity contribution is -0.144. The summed E-state index contributed by atoms with van der Waals surface area (Å²) in [6.45, 7) is 2.88. The van der Waals surface area contributed by atoms with Crippen molar-refractivity contribution in [2.75, 3.05) is 20.1 Å². The van der Waals surface area contributed by atoms with Gasteiger partial charge < -0.3 is 26.2 Å². The molecule has 4 unspecified atom stereocenters. The van der Waals surface area contributed by atoms with Gasteiger partial charge in [-0.1, -0.05) is 24.3 Å². The molecule has 0 aromatic heterocycles. The number of carbonyl (C=O) groups excluding carboxylic acids is 3. The van der Waals surface area contributed by atoms with Crippen LogP contribution in [0.2, 0.25) is 0 Å². The van der Waals surface area contributed by atoms with Crippen molar-refractivity contribution in [2.24, 2.45) is 0 Å². The summed E-state index contributed by atoms with van der Waals surface area (Å²) in [5, 5.41) is 12.2. The largest absolute Gasteiger partial charge is 0.351 e. The number of rotatable bonds is 5. The molecule has 168 valence electrons. The van der Waals surface area contributed by atoms with E-state index in [1.54, 1.807) is 18.9 Å². The molecule has 0 saturated carbocycles. The van der Waals surface area contributed by atoms with E-state index in [9.17, 15) is 14.4 Å². The highest BCUT2D eigenvalue weighted by Crippen LogP contribution is 2.29. The standard InChI is InChI=1S/C23H33N5O3/c1-14(24-2)21(29)27-19-13-25-10-9-18-7-8-20(28(18)23(19)31)22(30)26-17-11-15-5-3-4-6-16(15)12-17/h3-6,14,17-20,24-25H,7-13H2,1-2H3,(H,26,30)(H,27,29). The topological polar surface area (TPSA) is 103 Å². The number of amides is 3. The van der Waals surface area contributed by atoms with Gasteiger partial charge in [-0.15, -0.1) is 0 Å². The predicted molar refractivity (Wildman–Crippen MR) is 117 cm³/mol. The van der Waals surface area contributed by atoms with Gasteiger partial charge >= 0.3 is 0 Å². The molecule has 1 aromatic rings. The minimum Gasteiger partial charge on any atom is -0.351 e. The molecule has 0 spiro atoms. The van der Waals surface area contributed by atoms with E-state index >= 15 is 0 Å². The van der Waals surface area contributed by atoms with Crippen LogP contribution in [0.3, 0.4) is 0 Å². The van der Waals surface area contributed by atoms with Crippen LogP contribution in [0.1, 0.15) is 37.3 Å². The maximum atomic E-state index is 13.4. The van der Waals surface area contributed by atoms with Crippen LogP contribution < -0.4 is 21.3 Å². The Hall–Kier alpha value is -2.45. The van der Waals surface area contributed by atoms with E-state index in [2.05, 4.69) is 33.4 Å². The van der Waals surface area contributed by atoms with Crippen molar-refractivity contribution >= 4 is 17.7 Å². The van der Waals surface area contributed by atoms with Crippen molar-refractivity contribution in [1.82, 2.24) is 26.2 Å². The van der Waals surface area contributed by atoms with Crippen molar-refractivity contribution in [3.63, 3.8) is 0 Å². The number of carbonyl (C=O) groups is 3. The number of hydrogen-bond acceptors (Lipinski definition) is 5. The van der Waals surface area contributed by atoms with Crippen LogP contribution in [0, 0.1) is 0 Å². The highest BCUT2D eigenvalue weighted by Gasteiger charge is 2.44. The minimum absolute atomic E-state index is 0.0259. The first-order valence-electron chi connectivity index (χ1n) is 11.4. The van der Waals surface area contributed by atoms with E-state index < -0.39 is 18.1 Å². The predicted octanol–water partition coefficient (Wildman–Crippen LogP) is -0.284. The summed E-state index contributed by atoms with van der Waals surface area (Å²) in [5.41, 5.74) is 2.57. The molecular formula is C23H33N5O3. The van der Waals surface area contributed by atoms with Gasteiger partial charge in [0.2, 0.25) is 17.7 Å². The van der Waals surface area contributed by atoms with Gasteiger partial charge in [-0.3, -0.25) is 14.4 Å². The summed E-state index contributed by atoms with van der Waals surface area (Å²) in [5.74, 6) is -0.458. The SMILES string of the molecule is CNC(C)C(=O)NC1CNCCC2CCC(C(=O)NC3Cc4ccccc4C3)N2C1=O. The van der Waals surface area contributed by atoms with Gasteiger partial charge in [-0.25, -0.2) is 0 Å². The van der Waals surface area contributed by atoms with E-state index in [0.717, 1.165) is 32.2 Å². The van der Waals surface area contributed by atoms with Crippen molar-refractivity contribution in [3.8, 4) is 0 Å². The Kier molecular flexibility index (Phi) is 6.57. The van der Waals surface area contributed by atoms with Gasteiger partial charge in [-0.05, 0) is 63.7 Å². The molecule has 1 aromatic carbocycles. The maximum absolute atomic E-state index is 13.4. The molecule has 0 bridgehead atoms. The highest BCUT2D eigenvalue weighted by atomic mass is 16.2. The summed E-state index contributed by atoms with van der Waals surface area (Å²) in [6, 6.07) is 6.84. The summed E-state index contributed by atoms with van der Waals surface area (Å²) in [7, 11) is 1.71. The number of hydrogen-bond donors (Lipinski definition) is 4. The third-order valence-corrected chi connectivity index (χ3v) is 6.90. The second kappa shape index (κ2) is 9.36. The molecule has 2 heterocycles. The van der Waals surface area contributed by atoms with Gasteiger partial charge in [-0.2, -0.15) is 0 Å². The van der Waals surface area contributed by atoms with Crippen molar-refractivity contribution in [2.45, 2.75) is 69.2 Å². The smallest absolute Gasteiger partial charge is 0.247 e. The number of nitrogens with one attached hydrogen (secondary N) is 4. The van der Waals surface area contributed by atoms with E-state index in [1.165, 1.54) is 11.1 Å². The Morgan fingerprint density at radius 1 is 1.10 bits per heavy atom. The van der Waals surface area contributed by atoms with Gasteiger partial charge in [0.15, 0.2) is 0 Å². The zero-order chi connectivity index (χ0) is 22.0. The molecule has 0 radical (unpaired) electrons. The Bertz CT molecular complexity index is 819. The van der Waals surface area contributed by atoms with Gasteiger partial charge in [0, 0.05) is 18.6 Å². The lowest BCUT2D eigenvalue weighted by Crippen LogP contribution is -2.61. The number of fused-ring (bicyclic) bond motifs is 2. The average Bonchev–Trinajstić information content (AvgIpc) is 3.36. The quantitative estimate of drug-likeness (QED) is 0.518. The zero-order valence-corrected chi connectivity index (χ0v) is 18.3. The Morgan fingerprint density at radius 3 is 2.48 bits per heavy atom. The van der Waals surface area contributed by atoms with Crippen LogP contribution in [0.5, 0.6) is 0 Å². The lowest BCUT2D eigenvalue weighted by atomic mass is 10.1. The molecule has 8 nitrogen and oxygen atoms in total. The summed E-state index contributed by atoms with van der Waals surface area (Å²) in [4.78, 5) is 40.8. The Morgan fingerprint density at radius 2 is 1.81 bits per heavy atom. The van der Waals surface area contributed by atoms with Crippen LogP contribution in [0.25, 0.3) is 0 Å². The van der Waals surface area contributed by atoms with E-state index in [-0.39, 0.29) is 29.8 Å². The zero-order valence-electron chi connectivity index (χ0n) is 18.3. The number of benzene rings is 1. The van der Waals surface area contributed by atoms with Crippen molar-refractivity contribution < 1.29 is 14.4 Å². The molecule has 4 atom stereocenters. The third-order valence-electron chi connectivity index (χ3n) is 6.90. The molecule has 1 aliphatic carbocycles. The molecule has 4 rings (SSSR count). The van der Waals surface area contributed by atoms with Crippen molar-refractivity contribution in [3.05, 3.63) is 35.4 Å². The third kappa shape index (κ3) is 4.60. The fraction of sp³-hybridized carbons (Fsp3) is 0.609. The second-order valence-corrected chi connectivity index (χ2v) is 8.94. The van der Waals surface area contributed by atoms with Crippen LogP contribution in [-0.4, -0.2) is 73.0 Å². The van der Waals surface area contributed by atoms with Crippen LogP contribution >= 0.6 is 0 Å². The van der Waals surface area contributed by atoms with Crippen molar-refractivity contribution in [1.29, 1.82) is 0 Å². The molecule has 2 aliphatic heterocycles. The molecule has 4 N–H and O–H groups in total. The van der Waals surface area contributed by atoms with Crippen LogP contribution in [-0.2, 0) is 27.2 Å². The molecule has 2 fully saturated rings. The average molecular weight is 428 g/mol. The fourth-order valence-corrected chi connectivity index (χ4v) is 5.04. The summed E-state index contributed by atoms with van der Waals surface area (Å²) in [6.07, 6.45) is 3.95. The first-order chi connectivity index (χ1) is 15.0. The van der Waals surface area contributed by atoms with Gasteiger partial charge in [0.05, 0.1) is 6.04 Å². The van der Waals surface area contributed by atoms with Crippen LogP contribution in [0.15, 0.2) is 24.3 Å². The first-order valence-corrected chi connectivity index (χ1v) is 11.4. The molecular weight excluding hydrogens is 394 g/mol.